The Balaban J connectivity index is 2.64. The van der Waals surface area contributed by atoms with Gasteiger partial charge >= 0.3 is 0 Å². The molecule has 0 spiro atoms. The lowest BCUT2D eigenvalue weighted by Crippen LogP contribution is -2.23. The molecule has 1 aromatic carbocycles. The molecule has 0 aliphatic carbocycles. The van der Waals surface area contributed by atoms with Crippen LogP contribution in [0.15, 0.2) is 40.9 Å². The zero-order chi connectivity index (χ0) is 9.84. The first kappa shape index (κ1) is 10.5. The number of nitrogens with two attached hydrogens (primary N) is 1. The van der Waals surface area contributed by atoms with E-state index in [1.807, 2.05) is 19.1 Å². The van der Waals surface area contributed by atoms with E-state index >= 15 is 0 Å². The molecule has 0 amide bonds. The van der Waals surface area contributed by atoms with Crippen LogP contribution in [0.1, 0.15) is 12.5 Å². The SMILES string of the molecule is C=C(C)C(N)Cc1ccc(Br)cc1. The number of hydrogen-bond donors (Lipinski definition) is 1. The van der Waals surface area contributed by atoms with Gasteiger partial charge in [-0.25, -0.2) is 0 Å². The lowest BCUT2D eigenvalue weighted by molar-refractivity contribution is 0.766. The monoisotopic (exact) mass is 239 g/mol. The van der Waals surface area contributed by atoms with Crippen molar-refractivity contribution in [2.24, 2.45) is 5.73 Å². The van der Waals surface area contributed by atoms with Crippen molar-refractivity contribution in [3.63, 3.8) is 0 Å². The van der Waals surface area contributed by atoms with Crippen molar-refractivity contribution in [2.75, 3.05) is 0 Å². The molecule has 0 fully saturated rings. The highest BCUT2D eigenvalue weighted by molar-refractivity contribution is 9.10. The Hall–Kier alpha value is -0.600. The van der Waals surface area contributed by atoms with Crippen molar-refractivity contribution < 1.29 is 0 Å². The number of rotatable bonds is 3. The van der Waals surface area contributed by atoms with Crippen LogP contribution in [0.2, 0.25) is 0 Å². The maximum Gasteiger partial charge on any atom is 0.0289 e. The third kappa shape index (κ3) is 3.33. The van der Waals surface area contributed by atoms with Gasteiger partial charge in [-0.3, -0.25) is 0 Å². The van der Waals surface area contributed by atoms with Gasteiger partial charge in [0, 0.05) is 10.5 Å². The molecule has 0 aliphatic rings. The van der Waals surface area contributed by atoms with Crippen LogP contribution in [0.4, 0.5) is 0 Å². The molecule has 0 bridgehead atoms. The summed E-state index contributed by atoms with van der Waals surface area (Å²) in [7, 11) is 0. The zero-order valence-electron chi connectivity index (χ0n) is 7.76. The van der Waals surface area contributed by atoms with Crippen LogP contribution in [0.25, 0.3) is 0 Å². The van der Waals surface area contributed by atoms with Gasteiger partial charge in [0.05, 0.1) is 0 Å². The fourth-order valence-corrected chi connectivity index (χ4v) is 1.31. The Labute approximate surface area is 87.8 Å². The molecule has 1 atom stereocenters. The predicted molar refractivity (Wildman–Crippen MR) is 60.6 cm³/mol. The summed E-state index contributed by atoms with van der Waals surface area (Å²) in [6.45, 7) is 5.80. The van der Waals surface area contributed by atoms with Crippen LogP contribution in [0, 0.1) is 0 Å². The van der Waals surface area contributed by atoms with Gasteiger partial charge in [-0.1, -0.05) is 40.2 Å². The van der Waals surface area contributed by atoms with Crippen LogP contribution >= 0.6 is 15.9 Å². The third-order valence-corrected chi connectivity index (χ3v) is 2.53. The van der Waals surface area contributed by atoms with Crippen LogP contribution in [-0.4, -0.2) is 6.04 Å². The lowest BCUT2D eigenvalue weighted by Gasteiger charge is -2.10. The molecule has 0 radical (unpaired) electrons. The second-order valence-corrected chi connectivity index (χ2v) is 4.20. The maximum atomic E-state index is 5.88. The average molecular weight is 240 g/mol. The summed E-state index contributed by atoms with van der Waals surface area (Å²) in [5.41, 5.74) is 8.15. The quantitative estimate of drug-likeness (QED) is 0.807. The van der Waals surface area contributed by atoms with Crippen LogP contribution in [-0.2, 0) is 6.42 Å². The van der Waals surface area contributed by atoms with E-state index in [0.717, 1.165) is 16.5 Å². The van der Waals surface area contributed by atoms with E-state index in [4.69, 9.17) is 5.73 Å². The Morgan fingerprint density at radius 3 is 2.46 bits per heavy atom. The normalized spacial score (nSPS) is 12.5. The van der Waals surface area contributed by atoms with Crippen molar-refractivity contribution in [3.8, 4) is 0 Å². The molecule has 0 aromatic heterocycles. The van der Waals surface area contributed by atoms with Crippen LogP contribution < -0.4 is 5.73 Å². The molecule has 0 saturated heterocycles. The van der Waals surface area contributed by atoms with Gasteiger partial charge in [-0.15, -0.1) is 0 Å². The van der Waals surface area contributed by atoms with Gasteiger partial charge in [0.25, 0.3) is 0 Å². The largest absolute Gasteiger partial charge is 0.324 e. The lowest BCUT2D eigenvalue weighted by atomic mass is 10.0. The van der Waals surface area contributed by atoms with Crippen LogP contribution in [0.3, 0.4) is 0 Å². The van der Waals surface area contributed by atoms with Crippen LogP contribution in [0.5, 0.6) is 0 Å². The summed E-state index contributed by atoms with van der Waals surface area (Å²) in [5, 5.41) is 0. The summed E-state index contributed by atoms with van der Waals surface area (Å²) >= 11 is 3.39. The van der Waals surface area contributed by atoms with E-state index in [2.05, 4.69) is 34.6 Å². The number of hydrogen-bond acceptors (Lipinski definition) is 1. The fraction of sp³-hybridized carbons (Fsp3) is 0.273. The van der Waals surface area contributed by atoms with E-state index in [-0.39, 0.29) is 6.04 Å². The minimum absolute atomic E-state index is 0.0705. The van der Waals surface area contributed by atoms with E-state index in [1.54, 1.807) is 0 Å². The van der Waals surface area contributed by atoms with E-state index in [1.165, 1.54) is 5.56 Å². The standard InChI is InChI=1S/C11H14BrN/c1-8(2)11(13)7-9-3-5-10(12)6-4-9/h3-6,11H,1,7,13H2,2H3. The van der Waals surface area contributed by atoms with Gasteiger partial charge in [-0.05, 0) is 31.0 Å². The average Bonchev–Trinajstić information content (AvgIpc) is 2.08. The molecule has 70 valence electrons. The predicted octanol–water partition coefficient (Wildman–Crippen LogP) is 2.90. The van der Waals surface area contributed by atoms with E-state index in [9.17, 15) is 0 Å². The summed E-state index contributed by atoms with van der Waals surface area (Å²) in [4.78, 5) is 0. The molecule has 2 N–H and O–H groups in total. The summed E-state index contributed by atoms with van der Waals surface area (Å²) in [6, 6.07) is 8.28. The van der Waals surface area contributed by atoms with Gasteiger partial charge in [0.1, 0.15) is 0 Å². The molecule has 13 heavy (non-hydrogen) atoms. The van der Waals surface area contributed by atoms with Gasteiger partial charge in [0.2, 0.25) is 0 Å². The van der Waals surface area contributed by atoms with Gasteiger partial charge in [-0.2, -0.15) is 0 Å². The minimum atomic E-state index is 0.0705. The third-order valence-electron chi connectivity index (χ3n) is 2.00. The Kier molecular flexibility index (Phi) is 3.70. The fourth-order valence-electron chi connectivity index (χ4n) is 1.05. The summed E-state index contributed by atoms with van der Waals surface area (Å²) in [5.74, 6) is 0. The van der Waals surface area contributed by atoms with E-state index in [0.29, 0.717) is 0 Å². The van der Waals surface area contributed by atoms with Crippen molar-refractivity contribution in [2.45, 2.75) is 19.4 Å². The zero-order valence-corrected chi connectivity index (χ0v) is 9.34. The maximum absolute atomic E-state index is 5.88. The minimum Gasteiger partial charge on any atom is -0.324 e. The summed E-state index contributed by atoms with van der Waals surface area (Å²) < 4.78 is 1.10. The molecular weight excluding hydrogens is 226 g/mol. The molecule has 1 aromatic rings. The first-order valence-corrected chi connectivity index (χ1v) is 5.04. The Morgan fingerprint density at radius 2 is 2.00 bits per heavy atom. The highest BCUT2D eigenvalue weighted by atomic mass is 79.9. The Bertz CT molecular complexity index is 289. The smallest absolute Gasteiger partial charge is 0.0289 e. The highest BCUT2D eigenvalue weighted by Gasteiger charge is 2.03. The van der Waals surface area contributed by atoms with Crippen molar-refractivity contribution in [1.82, 2.24) is 0 Å². The molecule has 0 heterocycles. The second-order valence-electron chi connectivity index (χ2n) is 3.28. The topological polar surface area (TPSA) is 26.0 Å². The molecule has 1 nitrogen and oxygen atoms in total. The number of benzene rings is 1. The first-order chi connectivity index (χ1) is 6.09. The van der Waals surface area contributed by atoms with Gasteiger partial charge < -0.3 is 5.73 Å². The molecular formula is C11H14BrN. The summed E-state index contributed by atoms with van der Waals surface area (Å²) in [6.07, 6.45) is 0.864. The van der Waals surface area contributed by atoms with Crippen molar-refractivity contribution in [3.05, 3.63) is 46.5 Å². The van der Waals surface area contributed by atoms with Crippen molar-refractivity contribution in [1.29, 1.82) is 0 Å². The molecule has 1 rings (SSSR count). The molecule has 1 unspecified atom stereocenters. The highest BCUT2D eigenvalue weighted by Crippen LogP contribution is 2.12. The molecule has 0 saturated carbocycles. The molecule has 2 heteroatoms. The van der Waals surface area contributed by atoms with Crippen molar-refractivity contribution >= 4 is 15.9 Å². The van der Waals surface area contributed by atoms with Gasteiger partial charge in [0.15, 0.2) is 0 Å². The second kappa shape index (κ2) is 4.58. The Morgan fingerprint density at radius 1 is 1.46 bits per heavy atom. The number of halogens is 1. The van der Waals surface area contributed by atoms with E-state index < -0.39 is 0 Å². The first-order valence-electron chi connectivity index (χ1n) is 4.25. The molecule has 0 aliphatic heterocycles.